The number of aliphatic hydroxyl groups excluding tert-OH is 2. The zero-order valence-electron chi connectivity index (χ0n) is 37.6. The molecule has 1 fully saturated rings. The summed E-state index contributed by atoms with van der Waals surface area (Å²) in [6.45, 7) is 8.62. The van der Waals surface area contributed by atoms with Gasteiger partial charge in [-0.3, -0.25) is 34.0 Å². The third-order valence-electron chi connectivity index (χ3n) is 11.8. The van der Waals surface area contributed by atoms with Gasteiger partial charge in [-0.05, 0) is 74.8 Å². The summed E-state index contributed by atoms with van der Waals surface area (Å²) in [5.41, 5.74) is 5.06. The molecule has 5 rings (SSSR count). The summed E-state index contributed by atoms with van der Waals surface area (Å²) in [6.07, 6.45) is 12.0. The molecule has 4 amide bonds. The van der Waals surface area contributed by atoms with Crippen LogP contribution in [-0.2, 0) is 46.3 Å². The normalized spacial score (nSPS) is 27.6. The Kier molecular flexibility index (Phi) is 18.1. The van der Waals surface area contributed by atoms with Crippen molar-refractivity contribution in [2.75, 3.05) is 13.1 Å². The average Bonchev–Trinajstić information content (AvgIpc) is 3.28. The summed E-state index contributed by atoms with van der Waals surface area (Å²) in [7, 11) is 0. The van der Waals surface area contributed by atoms with Gasteiger partial charge < -0.3 is 40.3 Å². The third kappa shape index (κ3) is 14.2. The van der Waals surface area contributed by atoms with Crippen molar-refractivity contribution in [3.63, 3.8) is 0 Å². The Bertz CT molecular complexity index is 2150. The highest BCUT2D eigenvalue weighted by molar-refractivity contribution is 5.93. The highest BCUT2D eigenvalue weighted by atomic mass is 16.7. The van der Waals surface area contributed by atoms with Gasteiger partial charge in [0.25, 0.3) is 11.8 Å². The maximum atomic E-state index is 14.4. The smallest absolute Gasteiger partial charge is 0.325 e. The largest absolute Gasteiger partial charge is 0.508 e. The van der Waals surface area contributed by atoms with Crippen LogP contribution in [0.4, 0.5) is 0 Å². The number of hydrogen-bond donors (Lipinski definition) is 6. The number of Topliss-reactive ketones (excluding diaryl/α,β-unsaturated/α-hetero) is 1. The molecule has 4 heterocycles. The minimum atomic E-state index is -1.43. The van der Waals surface area contributed by atoms with Gasteiger partial charge in [0.05, 0.1) is 30.9 Å². The number of nitrogens with one attached hydrogen (secondary N) is 3. The first-order chi connectivity index (χ1) is 31.0. The van der Waals surface area contributed by atoms with Crippen LogP contribution in [0.2, 0.25) is 0 Å². The van der Waals surface area contributed by atoms with Crippen molar-refractivity contribution in [3.8, 4) is 11.5 Å². The van der Waals surface area contributed by atoms with Crippen LogP contribution in [0.15, 0.2) is 90.8 Å². The minimum absolute atomic E-state index is 0.0368. The number of carbonyl (C=O) groups is 6. The molecule has 65 heavy (non-hydrogen) atoms. The number of pyridine rings is 1. The van der Waals surface area contributed by atoms with Crippen LogP contribution in [0.3, 0.4) is 0 Å². The molecule has 1 aromatic carbocycles. The number of aromatic nitrogens is 1. The highest BCUT2D eigenvalue weighted by Gasteiger charge is 2.39. The maximum absolute atomic E-state index is 14.4. The number of rotatable bonds is 9. The topological polar surface area (TPSA) is 237 Å². The number of aliphatic hydroxyl groups is 2. The van der Waals surface area contributed by atoms with E-state index < -0.39 is 83.8 Å². The Morgan fingerprint density at radius 2 is 1.82 bits per heavy atom. The fourth-order valence-corrected chi connectivity index (χ4v) is 7.76. The number of hydroxylamine groups is 2. The molecule has 3 aliphatic heterocycles. The van der Waals surface area contributed by atoms with Gasteiger partial charge in [0.15, 0.2) is 5.75 Å². The lowest BCUT2D eigenvalue weighted by Gasteiger charge is -2.36. The molecule has 2 bridgehead atoms. The number of esters is 1. The first-order valence-electron chi connectivity index (χ1n) is 22.1. The first-order valence-corrected chi connectivity index (χ1v) is 22.1. The number of fused-ring (bicyclic) bond motifs is 3. The predicted molar refractivity (Wildman–Crippen MR) is 239 cm³/mol. The lowest BCUT2D eigenvalue weighted by Crippen LogP contribution is -2.62. The van der Waals surface area contributed by atoms with E-state index in [-0.39, 0.29) is 43.8 Å². The summed E-state index contributed by atoms with van der Waals surface area (Å²) < 4.78 is 6.08. The lowest BCUT2D eigenvalue weighted by atomic mass is 9.84. The van der Waals surface area contributed by atoms with E-state index in [0.29, 0.717) is 42.7 Å². The van der Waals surface area contributed by atoms with Gasteiger partial charge in [-0.25, -0.2) is 5.43 Å². The molecule has 1 saturated heterocycles. The number of nitrogens with zero attached hydrogens (tertiary/aromatic N) is 3. The number of phenols is 1. The number of hydrogen-bond acceptors (Lipinski definition) is 13. The van der Waals surface area contributed by atoms with Crippen molar-refractivity contribution in [3.05, 3.63) is 102 Å². The summed E-state index contributed by atoms with van der Waals surface area (Å²) in [5.74, 6) is -5.37. The molecule has 17 heteroatoms. The molecule has 0 saturated carbocycles. The quantitative estimate of drug-likeness (QED) is 0.121. The van der Waals surface area contributed by atoms with Crippen LogP contribution in [-0.4, -0.2) is 115 Å². The van der Waals surface area contributed by atoms with Crippen molar-refractivity contribution >= 4 is 35.4 Å². The molecule has 0 spiro atoms. The zero-order chi connectivity index (χ0) is 47.2. The number of aromatic hydroxyl groups is 1. The van der Waals surface area contributed by atoms with Crippen LogP contribution >= 0.6 is 0 Å². The van der Waals surface area contributed by atoms with Gasteiger partial charge in [0, 0.05) is 49.6 Å². The summed E-state index contributed by atoms with van der Waals surface area (Å²) in [4.78, 5) is 91.3. The van der Waals surface area contributed by atoms with Gasteiger partial charge in [-0.2, -0.15) is 5.06 Å². The number of allylic oxidation sites excluding steroid dienone is 4. The fraction of sp³-hybridized carbons (Fsp3) is 0.479. The lowest BCUT2D eigenvalue weighted by molar-refractivity contribution is -0.156. The summed E-state index contributed by atoms with van der Waals surface area (Å²) >= 11 is 0. The second kappa shape index (κ2) is 23.7. The third-order valence-corrected chi connectivity index (χ3v) is 11.8. The fourth-order valence-electron chi connectivity index (χ4n) is 7.76. The van der Waals surface area contributed by atoms with Crippen molar-refractivity contribution in [2.45, 2.75) is 116 Å². The van der Waals surface area contributed by atoms with Gasteiger partial charge in [0.2, 0.25) is 11.8 Å². The van der Waals surface area contributed by atoms with Crippen molar-refractivity contribution < 1.29 is 53.7 Å². The molecule has 2 aromatic rings. The van der Waals surface area contributed by atoms with Gasteiger partial charge >= 0.3 is 5.97 Å². The Morgan fingerprint density at radius 3 is 2.55 bits per heavy atom. The van der Waals surface area contributed by atoms with Crippen molar-refractivity contribution in [2.24, 2.45) is 17.8 Å². The maximum Gasteiger partial charge on any atom is 0.325 e. The van der Waals surface area contributed by atoms with E-state index in [1.54, 1.807) is 76.5 Å². The number of phenolic OH excluding ortho intramolecular Hbond substituents is 1. The van der Waals surface area contributed by atoms with E-state index in [1.165, 1.54) is 47.4 Å². The highest BCUT2D eigenvalue weighted by Crippen LogP contribution is 2.25. The van der Waals surface area contributed by atoms with E-state index in [4.69, 9.17) is 9.57 Å². The molecule has 8 atom stereocenters. The van der Waals surface area contributed by atoms with E-state index >= 15 is 0 Å². The number of ether oxygens (including phenoxy) is 1. The zero-order valence-corrected chi connectivity index (χ0v) is 37.6. The molecular formula is C48H62N6O11. The summed E-state index contributed by atoms with van der Waals surface area (Å²) in [5, 5.41) is 40.9. The van der Waals surface area contributed by atoms with E-state index in [2.05, 4.69) is 21.0 Å². The standard InChI is InChI=1S/C48H62N6O11/c1-29(2)43-46(61)50-38(27-33-13-10-14-35(56)26-33)47(62)53-24-11-15-37(52-53)48(63)64-40(30(3)12-9-18-42(58)54-25-22-34-21-23-49-28-41(34)65-54)17-8-6-7-16-39(57)32(5)44(59)36(45(60)51-43)20-19-31(4)55/h6-10,12-14,16,18,21,23,26,28-29,32,36-40,43-44,52,56-57,59H,11,15,17,19-20,22,24-25,27H2,1-5H3,(H,50,61)(H,51,60)/b8-6+,16-7+,18-9+,30-12+/t32-,36+,37?,38-,39-,40-,43-,44+/m0/s1. The Balaban J connectivity index is 1.45. The summed E-state index contributed by atoms with van der Waals surface area (Å²) in [6, 6.07) is 4.69. The van der Waals surface area contributed by atoms with E-state index in [9.17, 15) is 44.1 Å². The molecule has 17 nitrogen and oxygen atoms in total. The number of cyclic esters (lactones) is 1. The Hall–Kier alpha value is -6.17. The second-order valence-corrected chi connectivity index (χ2v) is 17.2. The van der Waals surface area contributed by atoms with E-state index in [0.717, 1.165) is 5.56 Å². The molecule has 350 valence electrons. The first kappa shape index (κ1) is 49.8. The molecule has 6 N–H and O–H groups in total. The molecule has 0 radical (unpaired) electrons. The molecule has 0 aliphatic carbocycles. The van der Waals surface area contributed by atoms with Crippen LogP contribution in [0, 0.1) is 17.8 Å². The second-order valence-electron chi connectivity index (χ2n) is 17.2. The van der Waals surface area contributed by atoms with E-state index in [1.807, 2.05) is 6.07 Å². The van der Waals surface area contributed by atoms with Crippen molar-refractivity contribution in [1.82, 2.24) is 31.1 Å². The SMILES string of the molecule is CC(=O)CC[C@H]1C(=O)N[C@@H](C(C)C)C(=O)N[C@@H](Cc2cccc(O)c2)C(=O)N2CCCC(N2)C(=O)O[C@H](/C(C)=C/C=C/C(=O)N2CCc3ccncc3O2)C/C=C/C=C/[C@H](O)[C@H](C)[C@H]1O. The Labute approximate surface area is 379 Å². The number of ketones is 1. The van der Waals surface area contributed by atoms with Crippen LogP contribution < -0.4 is 20.9 Å². The molecule has 1 aromatic heterocycles. The Morgan fingerprint density at radius 1 is 1.03 bits per heavy atom. The predicted octanol–water partition coefficient (Wildman–Crippen LogP) is 3.10. The molecular weight excluding hydrogens is 837 g/mol. The molecule has 1 unspecified atom stereocenters. The van der Waals surface area contributed by atoms with Crippen molar-refractivity contribution in [1.29, 1.82) is 0 Å². The van der Waals surface area contributed by atoms with Crippen LogP contribution in [0.1, 0.15) is 77.8 Å². The average molecular weight is 899 g/mol. The number of amides is 4. The van der Waals surface area contributed by atoms with Crippen LogP contribution in [0.5, 0.6) is 11.5 Å². The van der Waals surface area contributed by atoms with Gasteiger partial charge in [-0.1, -0.05) is 69.4 Å². The minimum Gasteiger partial charge on any atom is -0.508 e. The number of benzene rings is 1. The monoisotopic (exact) mass is 898 g/mol. The van der Waals surface area contributed by atoms with Crippen LogP contribution in [0.25, 0.3) is 0 Å². The van der Waals surface area contributed by atoms with Gasteiger partial charge in [-0.15, -0.1) is 0 Å². The number of carbonyl (C=O) groups excluding carboxylic acids is 6. The molecule has 3 aliphatic rings. The van der Waals surface area contributed by atoms with Gasteiger partial charge in [0.1, 0.15) is 35.8 Å². The number of hydrazine groups is 1.